The summed E-state index contributed by atoms with van der Waals surface area (Å²) in [6.45, 7) is 3.56. The zero-order valence-electron chi connectivity index (χ0n) is 12.7. The van der Waals surface area contributed by atoms with E-state index in [1.54, 1.807) is 0 Å². The number of rotatable bonds is 5. The number of pyridine rings is 1. The molecule has 2 aromatic heterocycles. The number of nitrogens with zero attached hydrogens (tertiary/aromatic N) is 3. The molecule has 1 aliphatic heterocycles. The Hall–Kier alpha value is -1.95. The van der Waals surface area contributed by atoms with Gasteiger partial charge >= 0.3 is 0 Å². The van der Waals surface area contributed by atoms with Gasteiger partial charge in [-0.3, -0.25) is 4.98 Å². The average Bonchev–Trinajstić information content (AvgIpc) is 3.08. The molecular weight excluding hydrogens is 280 g/mol. The van der Waals surface area contributed by atoms with Crippen LogP contribution in [-0.4, -0.2) is 28.3 Å². The Morgan fingerprint density at radius 3 is 3.05 bits per heavy atom. The number of ether oxygens (including phenoxy) is 1. The van der Waals surface area contributed by atoms with E-state index >= 15 is 0 Å². The van der Waals surface area contributed by atoms with Crippen LogP contribution in [-0.2, 0) is 4.74 Å². The van der Waals surface area contributed by atoms with E-state index < -0.39 is 0 Å². The van der Waals surface area contributed by atoms with Crippen LogP contribution >= 0.6 is 0 Å². The van der Waals surface area contributed by atoms with E-state index in [9.17, 15) is 0 Å². The number of hydrogen-bond donors (Lipinski definition) is 1. The van der Waals surface area contributed by atoms with Gasteiger partial charge in [-0.15, -0.1) is 0 Å². The molecule has 1 N–H and O–H groups in total. The zero-order valence-corrected chi connectivity index (χ0v) is 12.7. The summed E-state index contributed by atoms with van der Waals surface area (Å²) in [4.78, 5) is 8.74. The molecule has 2 atom stereocenters. The minimum atomic E-state index is -0.0876. The third-order valence-corrected chi connectivity index (χ3v) is 4.32. The summed E-state index contributed by atoms with van der Waals surface area (Å²) in [5.74, 6) is 2.34. The van der Waals surface area contributed by atoms with Gasteiger partial charge in [0.05, 0.1) is 0 Å². The molecular formula is C16H20N4O2. The normalized spacial score (nSPS) is 24.6. The van der Waals surface area contributed by atoms with Crippen LogP contribution in [0.2, 0.25) is 0 Å². The van der Waals surface area contributed by atoms with Crippen LogP contribution in [0.25, 0.3) is 0 Å². The van der Waals surface area contributed by atoms with Gasteiger partial charge in [-0.25, -0.2) is 0 Å². The van der Waals surface area contributed by atoms with E-state index in [1.807, 2.05) is 25.3 Å². The number of aryl methyl sites for hydroxylation is 1. The summed E-state index contributed by atoms with van der Waals surface area (Å²) in [6, 6.07) is 4.03. The van der Waals surface area contributed by atoms with Crippen LogP contribution in [0, 0.1) is 12.8 Å². The Kier molecular flexibility index (Phi) is 3.54. The SMILES string of the molecule is Cc1cc(NC[C@@H]2CCO[C@@H]2c2nc(C3CC3)no2)ccn1. The fourth-order valence-corrected chi connectivity index (χ4v) is 2.89. The molecule has 6 heteroatoms. The van der Waals surface area contributed by atoms with Crippen molar-refractivity contribution in [1.82, 2.24) is 15.1 Å². The minimum Gasteiger partial charge on any atom is -0.385 e. The summed E-state index contributed by atoms with van der Waals surface area (Å²) in [5.41, 5.74) is 2.09. The monoisotopic (exact) mass is 300 g/mol. The highest BCUT2D eigenvalue weighted by Gasteiger charge is 2.36. The average molecular weight is 300 g/mol. The van der Waals surface area contributed by atoms with Crippen molar-refractivity contribution in [3.8, 4) is 0 Å². The fourth-order valence-electron chi connectivity index (χ4n) is 2.89. The van der Waals surface area contributed by atoms with Gasteiger partial charge in [0.1, 0.15) is 6.10 Å². The van der Waals surface area contributed by atoms with Crippen molar-refractivity contribution in [2.45, 2.75) is 38.2 Å². The van der Waals surface area contributed by atoms with Crippen molar-refractivity contribution < 1.29 is 9.26 Å². The van der Waals surface area contributed by atoms with Gasteiger partial charge in [0.2, 0.25) is 0 Å². The molecule has 0 amide bonds. The number of anilines is 1. The van der Waals surface area contributed by atoms with Gasteiger partial charge in [-0.05, 0) is 38.3 Å². The molecule has 6 nitrogen and oxygen atoms in total. The van der Waals surface area contributed by atoms with Gasteiger partial charge in [-0.2, -0.15) is 4.98 Å². The molecule has 4 rings (SSSR count). The Labute approximate surface area is 129 Å². The highest BCUT2D eigenvalue weighted by atomic mass is 16.5. The van der Waals surface area contributed by atoms with Gasteiger partial charge in [0.25, 0.3) is 5.89 Å². The van der Waals surface area contributed by atoms with Gasteiger partial charge in [0, 0.05) is 42.6 Å². The first-order chi connectivity index (χ1) is 10.8. The Morgan fingerprint density at radius 2 is 2.23 bits per heavy atom. The maximum atomic E-state index is 5.83. The first kappa shape index (κ1) is 13.7. The predicted molar refractivity (Wildman–Crippen MR) is 80.5 cm³/mol. The molecule has 1 saturated carbocycles. The maximum Gasteiger partial charge on any atom is 0.256 e. The number of aromatic nitrogens is 3. The van der Waals surface area contributed by atoms with E-state index in [1.165, 1.54) is 12.8 Å². The lowest BCUT2D eigenvalue weighted by atomic mass is 10.0. The Bertz CT molecular complexity index is 653. The highest BCUT2D eigenvalue weighted by Crippen LogP contribution is 2.40. The molecule has 3 heterocycles. The second-order valence-corrected chi connectivity index (χ2v) is 6.17. The molecule has 22 heavy (non-hydrogen) atoms. The number of nitrogens with one attached hydrogen (secondary N) is 1. The first-order valence-corrected chi connectivity index (χ1v) is 7.91. The van der Waals surface area contributed by atoms with Crippen LogP contribution in [0.5, 0.6) is 0 Å². The van der Waals surface area contributed by atoms with E-state index in [-0.39, 0.29) is 6.10 Å². The molecule has 0 aromatic carbocycles. The van der Waals surface area contributed by atoms with Crippen LogP contribution < -0.4 is 5.32 Å². The molecule has 0 radical (unpaired) electrons. The van der Waals surface area contributed by atoms with Crippen LogP contribution in [0.15, 0.2) is 22.9 Å². The third kappa shape index (κ3) is 2.83. The summed E-state index contributed by atoms with van der Waals surface area (Å²) in [6.07, 6.45) is 5.09. The van der Waals surface area contributed by atoms with Crippen molar-refractivity contribution in [3.63, 3.8) is 0 Å². The number of hydrogen-bond acceptors (Lipinski definition) is 6. The quantitative estimate of drug-likeness (QED) is 0.915. The summed E-state index contributed by atoms with van der Waals surface area (Å²) < 4.78 is 11.3. The third-order valence-electron chi connectivity index (χ3n) is 4.32. The molecule has 1 aliphatic carbocycles. The van der Waals surface area contributed by atoms with Crippen molar-refractivity contribution in [1.29, 1.82) is 0 Å². The van der Waals surface area contributed by atoms with Crippen molar-refractivity contribution in [2.24, 2.45) is 5.92 Å². The molecule has 1 saturated heterocycles. The van der Waals surface area contributed by atoms with Crippen molar-refractivity contribution in [3.05, 3.63) is 35.7 Å². The van der Waals surface area contributed by atoms with Gasteiger partial charge < -0.3 is 14.6 Å². The maximum absolute atomic E-state index is 5.83. The van der Waals surface area contributed by atoms with Crippen LogP contribution in [0.3, 0.4) is 0 Å². The van der Waals surface area contributed by atoms with Crippen LogP contribution in [0.4, 0.5) is 5.69 Å². The van der Waals surface area contributed by atoms with Crippen molar-refractivity contribution in [2.75, 3.05) is 18.5 Å². The van der Waals surface area contributed by atoms with Crippen LogP contribution in [0.1, 0.15) is 48.7 Å². The van der Waals surface area contributed by atoms with E-state index in [4.69, 9.17) is 9.26 Å². The minimum absolute atomic E-state index is 0.0876. The first-order valence-electron chi connectivity index (χ1n) is 7.91. The Balaban J connectivity index is 1.41. The van der Waals surface area contributed by atoms with E-state index in [2.05, 4.69) is 20.4 Å². The predicted octanol–water partition coefficient (Wildman–Crippen LogP) is 2.84. The zero-order chi connectivity index (χ0) is 14.9. The smallest absolute Gasteiger partial charge is 0.256 e. The highest BCUT2D eigenvalue weighted by molar-refractivity contribution is 5.42. The summed E-state index contributed by atoms with van der Waals surface area (Å²) in [7, 11) is 0. The molecule has 2 fully saturated rings. The second kappa shape index (κ2) is 5.68. The fraction of sp³-hybridized carbons (Fsp3) is 0.562. The standard InChI is InChI=1S/C16H20N4O2/c1-10-8-13(4-6-17-10)18-9-12-5-7-21-14(12)16-19-15(20-22-16)11-2-3-11/h4,6,8,11-12,14H,2-3,5,7,9H2,1H3,(H,17,18)/t12-,14-/m0/s1. The topological polar surface area (TPSA) is 73.1 Å². The summed E-state index contributed by atoms with van der Waals surface area (Å²) in [5, 5.41) is 7.55. The molecule has 0 bridgehead atoms. The lowest BCUT2D eigenvalue weighted by molar-refractivity contribution is 0.0650. The van der Waals surface area contributed by atoms with E-state index in [0.29, 0.717) is 17.7 Å². The second-order valence-electron chi connectivity index (χ2n) is 6.17. The van der Waals surface area contributed by atoms with Crippen molar-refractivity contribution >= 4 is 5.69 Å². The van der Waals surface area contributed by atoms with E-state index in [0.717, 1.165) is 36.8 Å². The lowest BCUT2D eigenvalue weighted by Crippen LogP contribution is -2.18. The molecule has 116 valence electrons. The van der Waals surface area contributed by atoms with Gasteiger partial charge in [-0.1, -0.05) is 5.16 Å². The molecule has 2 aliphatic rings. The molecule has 2 aromatic rings. The summed E-state index contributed by atoms with van der Waals surface area (Å²) >= 11 is 0. The molecule has 0 unspecified atom stereocenters. The lowest BCUT2D eigenvalue weighted by Gasteiger charge is -2.16. The largest absolute Gasteiger partial charge is 0.385 e. The Morgan fingerprint density at radius 1 is 1.32 bits per heavy atom. The van der Waals surface area contributed by atoms with Gasteiger partial charge in [0.15, 0.2) is 5.82 Å². The molecule has 0 spiro atoms.